The molecule has 0 aromatic heterocycles. The summed E-state index contributed by atoms with van der Waals surface area (Å²) < 4.78 is 15.2. The molecule has 1 aromatic rings. The molecule has 1 aromatic carbocycles. The van der Waals surface area contributed by atoms with Crippen LogP contribution in [0.1, 0.15) is 30.1 Å². The van der Waals surface area contributed by atoms with Crippen molar-refractivity contribution in [1.29, 1.82) is 0 Å². The summed E-state index contributed by atoms with van der Waals surface area (Å²) in [5.41, 5.74) is 0.214. The van der Waals surface area contributed by atoms with E-state index >= 15 is 0 Å². The van der Waals surface area contributed by atoms with E-state index in [1.54, 1.807) is 0 Å². The second-order valence-electron chi connectivity index (χ2n) is 4.47. The SMILES string of the molecule is CCCCNC(=O)COC(=O)c1cc(Cl)c2c(c1)OCO2. The highest BCUT2D eigenvalue weighted by Crippen LogP contribution is 2.39. The van der Waals surface area contributed by atoms with Crippen LogP contribution in [0.4, 0.5) is 0 Å². The summed E-state index contributed by atoms with van der Waals surface area (Å²) in [5.74, 6) is -0.170. The Morgan fingerprint density at radius 1 is 1.38 bits per heavy atom. The van der Waals surface area contributed by atoms with Crippen LogP contribution in [-0.4, -0.2) is 31.8 Å². The fraction of sp³-hybridized carbons (Fsp3) is 0.429. The molecule has 21 heavy (non-hydrogen) atoms. The Hall–Kier alpha value is -1.95. The van der Waals surface area contributed by atoms with Crippen LogP contribution in [0.3, 0.4) is 0 Å². The predicted molar refractivity (Wildman–Crippen MR) is 75.8 cm³/mol. The number of hydrogen-bond donors (Lipinski definition) is 1. The van der Waals surface area contributed by atoms with Gasteiger partial charge in [0.05, 0.1) is 10.6 Å². The first-order valence-electron chi connectivity index (χ1n) is 6.64. The summed E-state index contributed by atoms with van der Waals surface area (Å²) >= 11 is 5.97. The number of fused-ring (bicyclic) bond motifs is 1. The number of unbranched alkanes of at least 4 members (excludes halogenated alkanes) is 1. The Labute approximate surface area is 127 Å². The third kappa shape index (κ3) is 4.01. The number of nitrogens with one attached hydrogen (secondary N) is 1. The van der Waals surface area contributed by atoms with Crippen LogP contribution in [0.2, 0.25) is 5.02 Å². The molecule has 0 saturated carbocycles. The number of carbonyl (C=O) groups is 2. The van der Waals surface area contributed by atoms with E-state index in [-0.39, 0.29) is 29.9 Å². The molecule has 6 nitrogen and oxygen atoms in total. The zero-order chi connectivity index (χ0) is 15.2. The molecule has 0 radical (unpaired) electrons. The maximum Gasteiger partial charge on any atom is 0.338 e. The van der Waals surface area contributed by atoms with Gasteiger partial charge in [-0.1, -0.05) is 24.9 Å². The van der Waals surface area contributed by atoms with Crippen molar-refractivity contribution in [1.82, 2.24) is 5.32 Å². The van der Waals surface area contributed by atoms with E-state index in [0.29, 0.717) is 18.0 Å². The number of rotatable bonds is 6. The molecule has 1 heterocycles. The smallest absolute Gasteiger partial charge is 0.338 e. The van der Waals surface area contributed by atoms with Crippen molar-refractivity contribution in [2.45, 2.75) is 19.8 Å². The van der Waals surface area contributed by atoms with E-state index in [1.165, 1.54) is 12.1 Å². The van der Waals surface area contributed by atoms with Crippen LogP contribution in [0, 0.1) is 0 Å². The Bertz CT molecular complexity index is 546. The van der Waals surface area contributed by atoms with Gasteiger partial charge in [0.1, 0.15) is 0 Å². The van der Waals surface area contributed by atoms with Gasteiger partial charge in [0, 0.05) is 6.54 Å². The Morgan fingerprint density at radius 2 is 2.19 bits per heavy atom. The highest BCUT2D eigenvalue weighted by atomic mass is 35.5. The Kier molecular flexibility index (Phi) is 5.27. The van der Waals surface area contributed by atoms with Gasteiger partial charge in [-0.2, -0.15) is 0 Å². The van der Waals surface area contributed by atoms with Crippen LogP contribution in [-0.2, 0) is 9.53 Å². The highest BCUT2D eigenvalue weighted by molar-refractivity contribution is 6.32. The molecule has 0 bridgehead atoms. The molecule has 1 aliphatic heterocycles. The number of amides is 1. The lowest BCUT2D eigenvalue weighted by atomic mass is 10.2. The molecule has 1 aliphatic rings. The zero-order valence-electron chi connectivity index (χ0n) is 11.6. The Morgan fingerprint density at radius 3 is 2.95 bits per heavy atom. The number of ether oxygens (including phenoxy) is 3. The monoisotopic (exact) mass is 313 g/mol. The second-order valence-corrected chi connectivity index (χ2v) is 4.88. The molecule has 2 rings (SSSR count). The van der Waals surface area contributed by atoms with Gasteiger partial charge >= 0.3 is 5.97 Å². The molecule has 1 N–H and O–H groups in total. The predicted octanol–water partition coefficient (Wildman–Crippen LogP) is 2.14. The average molecular weight is 314 g/mol. The van der Waals surface area contributed by atoms with E-state index < -0.39 is 5.97 Å². The molecule has 0 spiro atoms. The first kappa shape index (κ1) is 15.4. The molecule has 1 amide bonds. The fourth-order valence-electron chi connectivity index (χ4n) is 1.76. The van der Waals surface area contributed by atoms with Crippen molar-refractivity contribution in [3.63, 3.8) is 0 Å². The molecular formula is C14H16ClNO5. The molecule has 114 valence electrons. The quantitative estimate of drug-likeness (QED) is 0.643. The topological polar surface area (TPSA) is 73.9 Å². The zero-order valence-corrected chi connectivity index (χ0v) is 12.4. The lowest BCUT2D eigenvalue weighted by Gasteiger charge is -2.07. The normalized spacial score (nSPS) is 12.1. The van der Waals surface area contributed by atoms with Crippen molar-refractivity contribution in [2.24, 2.45) is 0 Å². The molecule has 0 saturated heterocycles. The second kappa shape index (κ2) is 7.17. The van der Waals surface area contributed by atoms with Crippen LogP contribution in [0.15, 0.2) is 12.1 Å². The van der Waals surface area contributed by atoms with Crippen LogP contribution < -0.4 is 14.8 Å². The maximum absolute atomic E-state index is 11.9. The number of benzene rings is 1. The van der Waals surface area contributed by atoms with Gasteiger partial charge in [0.2, 0.25) is 6.79 Å². The lowest BCUT2D eigenvalue weighted by molar-refractivity contribution is -0.124. The van der Waals surface area contributed by atoms with E-state index in [4.69, 9.17) is 25.8 Å². The van der Waals surface area contributed by atoms with Crippen molar-refractivity contribution in [2.75, 3.05) is 19.9 Å². The first-order valence-corrected chi connectivity index (χ1v) is 7.02. The third-order valence-corrected chi connectivity index (χ3v) is 3.13. The van der Waals surface area contributed by atoms with Crippen molar-refractivity contribution in [3.05, 3.63) is 22.7 Å². The number of hydrogen-bond acceptors (Lipinski definition) is 5. The van der Waals surface area contributed by atoms with Gasteiger partial charge in [-0.3, -0.25) is 4.79 Å². The van der Waals surface area contributed by atoms with E-state index in [9.17, 15) is 9.59 Å². The Balaban J connectivity index is 1.89. The van der Waals surface area contributed by atoms with Gasteiger partial charge in [-0.15, -0.1) is 0 Å². The summed E-state index contributed by atoms with van der Waals surface area (Å²) in [5, 5.41) is 2.92. The van der Waals surface area contributed by atoms with E-state index in [2.05, 4.69) is 5.32 Å². The van der Waals surface area contributed by atoms with E-state index in [1.807, 2.05) is 6.92 Å². The molecule has 7 heteroatoms. The van der Waals surface area contributed by atoms with Crippen molar-refractivity contribution < 1.29 is 23.8 Å². The van der Waals surface area contributed by atoms with Gasteiger partial charge in [-0.25, -0.2) is 4.79 Å². The van der Waals surface area contributed by atoms with Crippen LogP contribution in [0.25, 0.3) is 0 Å². The molecule has 0 aliphatic carbocycles. The summed E-state index contributed by atoms with van der Waals surface area (Å²) in [6.45, 7) is 2.33. The standard InChI is InChI=1S/C14H16ClNO5/c1-2-3-4-16-12(17)7-19-14(18)9-5-10(15)13-11(6-9)20-8-21-13/h5-6H,2-4,7-8H2,1H3,(H,16,17). The van der Waals surface area contributed by atoms with Gasteiger partial charge in [0.25, 0.3) is 5.91 Å². The minimum Gasteiger partial charge on any atom is -0.454 e. The summed E-state index contributed by atoms with van der Waals surface area (Å²) in [7, 11) is 0. The van der Waals surface area contributed by atoms with E-state index in [0.717, 1.165) is 12.8 Å². The number of esters is 1. The van der Waals surface area contributed by atoms with Crippen molar-refractivity contribution >= 4 is 23.5 Å². The van der Waals surface area contributed by atoms with Crippen LogP contribution >= 0.6 is 11.6 Å². The van der Waals surface area contributed by atoms with Gasteiger partial charge in [0.15, 0.2) is 18.1 Å². The first-order chi connectivity index (χ1) is 10.1. The minimum absolute atomic E-state index is 0.0629. The maximum atomic E-state index is 11.9. The number of carbonyl (C=O) groups excluding carboxylic acids is 2. The molecule has 0 unspecified atom stereocenters. The lowest BCUT2D eigenvalue weighted by Crippen LogP contribution is -2.29. The summed E-state index contributed by atoms with van der Waals surface area (Å²) in [6.07, 6.45) is 1.87. The molecular weight excluding hydrogens is 298 g/mol. The third-order valence-electron chi connectivity index (χ3n) is 2.85. The average Bonchev–Trinajstić information content (AvgIpc) is 2.94. The van der Waals surface area contributed by atoms with Gasteiger partial charge in [-0.05, 0) is 18.6 Å². The summed E-state index contributed by atoms with van der Waals surface area (Å²) in [6, 6.07) is 2.90. The fourth-order valence-corrected chi connectivity index (χ4v) is 2.02. The van der Waals surface area contributed by atoms with Crippen molar-refractivity contribution in [3.8, 4) is 11.5 Å². The molecule has 0 atom stereocenters. The number of halogens is 1. The van der Waals surface area contributed by atoms with Crippen LogP contribution in [0.5, 0.6) is 11.5 Å². The van der Waals surface area contributed by atoms with Gasteiger partial charge < -0.3 is 19.5 Å². The summed E-state index contributed by atoms with van der Waals surface area (Å²) in [4.78, 5) is 23.3. The largest absolute Gasteiger partial charge is 0.454 e. The highest BCUT2D eigenvalue weighted by Gasteiger charge is 2.21. The molecule has 0 fully saturated rings. The minimum atomic E-state index is -0.638.